The molecule has 4 rings (SSSR count). The number of unbranched alkanes of at least 4 members (excludes halogenated alkanes) is 2. The number of hydrogen-bond acceptors (Lipinski definition) is 7. The Bertz CT molecular complexity index is 1180. The molecule has 1 aromatic carbocycles. The van der Waals surface area contributed by atoms with Gasteiger partial charge in [0.2, 0.25) is 0 Å². The highest BCUT2D eigenvalue weighted by molar-refractivity contribution is 5.77. The van der Waals surface area contributed by atoms with Crippen LogP contribution in [0.25, 0.3) is 0 Å². The molecule has 2 aliphatic rings. The summed E-state index contributed by atoms with van der Waals surface area (Å²) >= 11 is 0. The average Bonchev–Trinajstić information content (AvgIpc) is 3.39. The van der Waals surface area contributed by atoms with Gasteiger partial charge in [0, 0.05) is 43.6 Å². The predicted octanol–water partition coefficient (Wildman–Crippen LogP) is 5.49. The van der Waals surface area contributed by atoms with Crippen molar-refractivity contribution in [3.05, 3.63) is 46.2 Å². The highest BCUT2D eigenvalue weighted by Crippen LogP contribution is 2.39. The summed E-state index contributed by atoms with van der Waals surface area (Å²) in [6, 6.07) is 1.76. The number of anilines is 1. The van der Waals surface area contributed by atoms with Crippen LogP contribution in [0.4, 0.5) is 14.6 Å². The first-order valence-corrected chi connectivity index (χ1v) is 14.2. The number of aryl methyl sites for hydroxylation is 1. The number of likely N-dealkylation sites (tertiary alicyclic amines) is 1. The summed E-state index contributed by atoms with van der Waals surface area (Å²) in [6.45, 7) is 5.67. The molecule has 0 unspecified atom stereocenters. The Hall–Kier alpha value is -2.98. The Labute approximate surface area is 235 Å². The number of halogens is 2. The molecular formula is C30H41F2N3O5. The van der Waals surface area contributed by atoms with Gasteiger partial charge in [-0.15, -0.1) is 0 Å². The fourth-order valence-corrected chi connectivity index (χ4v) is 5.71. The lowest BCUT2D eigenvalue weighted by molar-refractivity contribution is -0.143. The molecule has 1 saturated heterocycles. The lowest BCUT2D eigenvalue weighted by Gasteiger charge is -2.27. The van der Waals surface area contributed by atoms with Crippen molar-refractivity contribution in [1.82, 2.24) is 9.88 Å². The van der Waals surface area contributed by atoms with Crippen molar-refractivity contribution < 1.29 is 32.9 Å². The van der Waals surface area contributed by atoms with E-state index in [1.807, 2.05) is 6.07 Å². The summed E-state index contributed by atoms with van der Waals surface area (Å²) in [5.41, 5.74) is 2.03. The number of carboxylic acid groups (broad SMARTS) is 1. The van der Waals surface area contributed by atoms with Crippen LogP contribution in [0.15, 0.2) is 12.1 Å². The van der Waals surface area contributed by atoms with Gasteiger partial charge < -0.3 is 24.6 Å². The number of nitrogens with zero attached hydrogens (tertiary/aromatic N) is 2. The fourth-order valence-electron chi connectivity index (χ4n) is 5.71. The summed E-state index contributed by atoms with van der Waals surface area (Å²) in [4.78, 5) is 18.7. The van der Waals surface area contributed by atoms with E-state index in [4.69, 9.17) is 19.2 Å². The lowest BCUT2D eigenvalue weighted by Crippen LogP contribution is -2.35. The van der Waals surface area contributed by atoms with Crippen LogP contribution in [0.1, 0.15) is 80.3 Å². The summed E-state index contributed by atoms with van der Waals surface area (Å²) in [7, 11) is 2.92. The molecule has 0 radical (unpaired) electrons. The van der Waals surface area contributed by atoms with Gasteiger partial charge in [0.25, 0.3) is 0 Å². The molecule has 2 atom stereocenters. The normalized spacial score (nSPS) is 17.9. The largest absolute Gasteiger partial charge is 0.496 e. The Morgan fingerprint density at radius 2 is 2.00 bits per heavy atom. The van der Waals surface area contributed by atoms with Crippen molar-refractivity contribution in [3.8, 4) is 11.5 Å². The van der Waals surface area contributed by atoms with E-state index >= 15 is 4.39 Å². The zero-order valence-corrected chi connectivity index (χ0v) is 23.9. The topological polar surface area (TPSA) is 93.2 Å². The minimum atomic E-state index is -1.37. The van der Waals surface area contributed by atoms with E-state index in [-0.39, 0.29) is 28.9 Å². The zero-order valence-electron chi connectivity index (χ0n) is 23.9. The minimum absolute atomic E-state index is 0.131. The zero-order chi connectivity index (χ0) is 28.8. The molecule has 0 saturated carbocycles. The van der Waals surface area contributed by atoms with E-state index in [1.54, 1.807) is 25.9 Å². The molecule has 40 heavy (non-hydrogen) atoms. The van der Waals surface area contributed by atoms with Crippen molar-refractivity contribution in [2.24, 2.45) is 0 Å². The molecule has 0 bridgehead atoms. The molecule has 2 aromatic rings. The van der Waals surface area contributed by atoms with E-state index in [1.165, 1.54) is 7.11 Å². The van der Waals surface area contributed by atoms with E-state index in [0.717, 1.165) is 74.0 Å². The van der Waals surface area contributed by atoms with Gasteiger partial charge in [-0.05, 0) is 56.1 Å². The van der Waals surface area contributed by atoms with Crippen molar-refractivity contribution in [2.75, 3.05) is 45.8 Å². The van der Waals surface area contributed by atoms with Crippen molar-refractivity contribution >= 4 is 11.8 Å². The number of pyridine rings is 1. The van der Waals surface area contributed by atoms with Crippen LogP contribution in [0.2, 0.25) is 0 Å². The second-order valence-electron chi connectivity index (χ2n) is 10.9. The second-order valence-corrected chi connectivity index (χ2v) is 10.9. The van der Waals surface area contributed by atoms with Crippen LogP contribution in [0.5, 0.6) is 11.5 Å². The number of rotatable bonds is 13. The Balaban J connectivity index is 1.29. The first kappa shape index (κ1) is 30.0. The van der Waals surface area contributed by atoms with E-state index in [0.29, 0.717) is 26.1 Å². The maximum Gasteiger partial charge on any atom is 0.325 e. The maximum absolute atomic E-state index is 15.5. The third kappa shape index (κ3) is 6.66. The Morgan fingerprint density at radius 1 is 1.20 bits per heavy atom. The predicted molar refractivity (Wildman–Crippen MR) is 148 cm³/mol. The van der Waals surface area contributed by atoms with E-state index in [9.17, 15) is 14.3 Å². The molecule has 1 aromatic heterocycles. The molecule has 2 aliphatic heterocycles. The van der Waals surface area contributed by atoms with Gasteiger partial charge in [0.1, 0.15) is 23.4 Å². The first-order chi connectivity index (χ1) is 19.2. The lowest BCUT2D eigenvalue weighted by atomic mass is 9.94. The molecule has 1 fully saturated rings. The molecule has 2 N–H and O–H groups in total. The molecule has 220 valence electrons. The fraction of sp³-hybridized carbons (Fsp3) is 0.600. The number of nitrogens with one attached hydrogen (secondary N) is 1. The van der Waals surface area contributed by atoms with Crippen molar-refractivity contribution in [1.29, 1.82) is 0 Å². The molecule has 3 heterocycles. The van der Waals surface area contributed by atoms with Crippen LogP contribution in [-0.2, 0) is 22.4 Å². The van der Waals surface area contributed by atoms with Crippen LogP contribution in [0.3, 0.4) is 0 Å². The van der Waals surface area contributed by atoms with Crippen LogP contribution in [-0.4, -0.2) is 67.5 Å². The van der Waals surface area contributed by atoms with Crippen LogP contribution >= 0.6 is 0 Å². The van der Waals surface area contributed by atoms with Gasteiger partial charge in [0.15, 0.2) is 11.6 Å². The summed E-state index contributed by atoms with van der Waals surface area (Å²) in [5.74, 6) is -1.58. The average molecular weight is 562 g/mol. The van der Waals surface area contributed by atoms with Gasteiger partial charge in [-0.2, -0.15) is 0 Å². The van der Waals surface area contributed by atoms with Gasteiger partial charge in [-0.1, -0.05) is 20.3 Å². The number of carboxylic acids is 1. The molecule has 8 nitrogen and oxygen atoms in total. The standard InChI is InChI=1S/C30H41F2N3O5/c1-18(2)22-16-23(31)28(39-4)25(26(22)32)27(30(36)37)35-13-11-20(17-35)40-14-7-5-6-9-19-15-24(38-3)21-10-8-12-33-29(21)34-19/h15-16,18,20,27H,5-14,17H2,1-4H3,(H,33,34)(H,36,37)/t20-,27-/m1/s1. The number of fused-ring (bicyclic) bond motifs is 1. The van der Waals surface area contributed by atoms with Crippen LogP contribution < -0.4 is 14.8 Å². The third-order valence-corrected chi connectivity index (χ3v) is 7.79. The third-order valence-electron chi connectivity index (χ3n) is 7.79. The summed E-state index contributed by atoms with van der Waals surface area (Å²) in [6.07, 6.45) is 6.14. The van der Waals surface area contributed by atoms with Gasteiger partial charge in [-0.3, -0.25) is 9.69 Å². The molecule has 10 heteroatoms. The minimum Gasteiger partial charge on any atom is -0.496 e. The Morgan fingerprint density at radius 3 is 2.70 bits per heavy atom. The van der Waals surface area contributed by atoms with Gasteiger partial charge in [-0.25, -0.2) is 13.8 Å². The number of benzene rings is 1. The number of methoxy groups -OCH3 is 2. The van der Waals surface area contributed by atoms with Gasteiger partial charge >= 0.3 is 5.97 Å². The highest BCUT2D eigenvalue weighted by atomic mass is 19.1. The molecule has 0 aliphatic carbocycles. The second kappa shape index (κ2) is 13.6. The summed E-state index contributed by atoms with van der Waals surface area (Å²) in [5, 5.41) is 13.4. The summed E-state index contributed by atoms with van der Waals surface area (Å²) < 4.78 is 47.1. The highest BCUT2D eigenvalue weighted by Gasteiger charge is 2.39. The Kier molecular flexibility index (Phi) is 10.2. The van der Waals surface area contributed by atoms with Gasteiger partial charge in [0.05, 0.1) is 25.9 Å². The number of aromatic nitrogens is 1. The van der Waals surface area contributed by atoms with Crippen LogP contribution in [0, 0.1) is 11.6 Å². The number of aliphatic carboxylic acids is 1. The number of carbonyl (C=O) groups is 1. The van der Waals surface area contributed by atoms with Crippen molar-refractivity contribution in [2.45, 2.75) is 76.9 Å². The number of ether oxygens (including phenoxy) is 3. The molecule has 0 spiro atoms. The van der Waals surface area contributed by atoms with Crippen molar-refractivity contribution in [3.63, 3.8) is 0 Å². The maximum atomic E-state index is 15.5. The van der Waals surface area contributed by atoms with E-state index in [2.05, 4.69) is 5.32 Å². The smallest absolute Gasteiger partial charge is 0.325 e. The quantitative estimate of drug-likeness (QED) is 0.310. The molecule has 0 amide bonds. The SMILES string of the molecule is COc1cc(CCCCCO[C@@H]2CCN([C@@H](C(=O)O)c3c(F)c(C(C)C)cc(F)c3OC)C2)nc2c1CCCN2. The van der Waals surface area contributed by atoms with E-state index < -0.39 is 23.6 Å². The first-order valence-electron chi connectivity index (χ1n) is 14.2. The number of hydrogen-bond donors (Lipinski definition) is 2. The monoisotopic (exact) mass is 561 g/mol. The molecular weight excluding hydrogens is 520 g/mol.